The van der Waals surface area contributed by atoms with Crippen LogP contribution >= 0.6 is 0 Å². The summed E-state index contributed by atoms with van der Waals surface area (Å²) < 4.78 is 12.2. The lowest BCUT2D eigenvalue weighted by molar-refractivity contribution is 0.677. The van der Waals surface area contributed by atoms with E-state index in [0.29, 0.717) is 10.9 Å². The standard InChI is InChI=1S/C13H11N3O2S/c17-10-5-6-14-9(7-10)8-19(18)13-15-11-3-1-2-4-12(11)16-13/h1-7H,8H2,(H,14,17)(H,15,16). The van der Waals surface area contributed by atoms with Crippen molar-refractivity contribution in [1.29, 1.82) is 0 Å². The average Bonchev–Trinajstić information content (AvgIpc) is 2.82. The van der Waals surface area contributed by atoms with Gasteiger partial charge in [-0.15, -0.1) is 0 Å². The number of rotatable bonds is 3. The van der Waals surface area contributed by atoms with Crippen molar-refractivity contribution in [2.75, 3.05) is 0 Å². The Labute approximate surface area is 111 Å². The zero-order valence-electron chi connectivity index (χ0n) is 9.92. The Morgan fingerprint density at radius 2 is 2.05 bits per heavy atom. The normalized spacial score (nSPS) is 12.6. The lowest BCUT2D eigenvalue weighted by Gasteiger charge is -1.98. The summed E-state index contributed by atoms with van der Waals surface area (Å²) >= 11 is 0. The van der Waals surface area contributed by atoms with Gasteiger partial charge >= 0.3 is 0 Å². The molecular formula is C13H11N3O2S. The highest BCUT2D eigenvalue weighted by molar-refractivity contribution is 7.84. The minimum atomic E-state index is -1.31. The number of nitrogens with one attached hydrogen (secondary N) is 2. The molecule has 2 heterocycles. The van der Waals surface area contributed by atoms with E-state index in [1.165, 1.54) is 12.1 Å². The summed E-state index contributed by atoms with van der Waals surface area (Å²) in [4.78, 5) is 21.4. The number of fused-ring (bicyclic) bond motifs is 1. The quantitative estimate of drug-likeness (QED) is 0.760. The molecule has 0 spiro atoms. The molecule has 2 aromatic heterocycles. The van der Waals surface area contributed by atoms with Gasteiger partial charge < -0.3 is 9.97 Å². The summed E-state index contributed by atoms with van der Waals surface area (Å²) in [7, 11) is -1.31. The molecule has 5 nitrogen and oxygen atoms in total. The maximum Gasteiger partial charge on any atom is 0.197 e. The van der Waals surface area contributed by atoms with Crippen LogP contribution < -0.4 is 5.43 Å². The van der Waals surface area contributed by atoms with Crippen molar-refractivity contribution < 1.29 is 4.21 Å². The molecule has 96 valence electrons. The largest absolute Gasteiger partial charge is 0.364 e. The molecule has 0 saturated heterocycles. The van der Waals surface area contributed by atoms with Gasteiger partial charge in [-0.2, -0.15) is 0 Å². The molecule has 19 heavy (non-hydrogen) atoms. The predicted molar refractivity (Wildman–Crippen MR) is 73.3 cm³/mol. The van der Waals surface area contributed by atoms with Crippen molar-refractivity contribution in [2.24, 2.45) is 0 Å². The van der Waals surface area contributed by atoms with E-state index in [0.717, 1.165) is 11.0 Å². The number of aromatic amines is 2. The van der Waals surface area contributed by atoms with E-state index in [1.807, 2.05) is 24.3 Å². The second-order valence-corrected chi connectivity index (χ2v) is 5.46. The third-order valence-electron chi connectivity index (χ3n) is 2.70. The lowest BCUT2D eigenvalue weighted by Crippen LogP contribution is -2.05. The molecule has 1 atom stereocenters. The predicted octanol–water partition coefficient (Wildman–Crippen LogP) is 1.56. The first-order chi connectivity index (χ1) is 9.22. The van der Waals surface area contributed by atoms with Crippen LogP contribution in [0, 0.1) is 0 Å². The van der Waals surface area contributed by atoms with Gasteiger partial charge in [-0.1, -0.05) is 12.1 Å². The van der Waals surface area contributed by atoms with Gasteiger partial charge in [-0.05, 0) is 12.1 Å². The number of H-pyrrole nitrogens is 2. The zero-order chi connectivity index (χ0) is 13.2. The fraction of sp³-hybridized carbons (Fsp3) is 0.0769. The van der Waals surface area contributed by atoms with Crippen LogP contribution in [0.5, 0.6) is 0 Å². The van der Waals surface area contributed by atoms with Crippen molar-refractivity contribution in [3.8, 4) is 0 Å². The Morgan fingerprint density at radius 3 is 2.84 bits per heavy atom. The van der Waals surface area contributed by atoms with Gasteiger partial charge in [0.1, 0.15) is 0 Å². The number of imidazole rings is 1. The van der Waals surface area contributed by atoms with E-state index in [4.69, 9.17) is 0 Å². The van der Waals surface area contributed by atoms with Crippen LogP contribution in [0.1, 0.15) is 5.69 Å². The first kappa shape index (κ1) is 11.9. The number of hydrogen-bond acceptors (Lipinski definition) is 3. The van der Waals surface area contributed by atoms with E-state index < -0.39 is 10.8 Å². The molecular weight excluding hydrogens is 262 g/mol. The summed E-state index contributed by atoms with van der Waals surface area (Å²) in [5.74, 6) is 0.232. The second kappa shape index (κ2) is 4.81. The molecule has 0 bridgehead atoms. The van der Waals surface area contributed by atoms with Gasteiger partial charge in [-0.3, -0.25) is 9.00 Å². The van der Waals surface area contributed by atoms with Crippen LogP contribution in [0.25, 0.3) is 11.0 Å². The number of nitrogens with zero attached hydrogens (tertiary/aromatic N) is 1. The van der Waals surface area contributed by atoms with Crippen molar-refractivity contribution >= 4 is 21.8 Å². The molecule has 3 aromatic rings. The van der Waals surface area contributed by atoms with Crippen LogP contribution in [0.3, 0.4) is 0 Å². The summed E-state index contributed by atoms with van der Waals surface area (Å²) in [6.07, 6.45) is 1.55. The molecule has 0 radical (unpaired) electrons. The van der Waals surface area contributed by atoms with E-state index in [1.54, 1.807) is 6.20 Å². The smallest absolute Gasteiger partial charge is 0.197 e. The third kappa shape index (κ3) is 2.48. The number of aromatic nitrogens is 3. The molecule has 1 aromatic carbocycles. The first-order valence-corrected chi connectivity index (χ1v) is 7.05. The third-order valence-corrected chi connectivity index (χ3v) is 3.90. The minimum absolute atomic E-state index is 0.102. The highest BCUT2D eigenvalue weighted by Gasteiger charge is 2.10. The van der Waals surface area contributed by atoms with Crippen LogP contribution in [-0.2, 0) is 16.6 Å². The Balaban J connectivity index is 1.89. The highest BCUT2D eigenvalue weighted by Crippen LogP contribution is 2.14. The summed E-state index contributed by atoms with van der Waals surface area (Å²) in [5, 5.41) is 0.422. The summed E-state index contributed by atoms with van der Waals surface area (Å²) in [6.45, 7) is 0. The van der Waals surface area contributed by atoms with Crippen molar-refractivity contribution in [1.82, 2.24) is 15.0 Å². The van der Waals surface area contributed by atoms with Crippen molar-refractivity contribution in [2.45, 2.75) is 10.9 Å². The van der Waals surface area contributed by atoms with Crippen molar-refractivity contribution in [3.05, 3.63) is 58.5 Å². The number of hydrogen-bond donors (Lipinski definition) is 2. The monoisotopic (exact) mass is 273 g/mol. The molecule has 0 amide bonds. The van der Waals surface area contributed by atoms with E-state index in [-0.39, 0.29) is 11.2 Å². The van der Waals surface area contributed by atoms with Crippen LogP contribution in [0.2, 0.25) is 0 Å². The van der Waals surface area contributed by atoms with Gasteiger partial charge in [0.25, 0.3) is 0 Å². The van der Waals surface area contributed by atoms with Crippen LogP contribution in [0.15, 0.2) is 52.5 Å². The van der Waals surface area contributed by atoms with E-state index in [9.17, 15) is 9.00 Å². The van der Waals surface area contributed by atoms with Crippen LogP contribution in [-0.4, -0.2) is 19.2 Å². The molecule has 3 rings (SSSR count). The number of benzene rings is 1. The molecule has 6 heteroatoms. The fourth-order valence-corrected chi connectivity index (χ4v) is 2.83. The van der Waals surface area contributed by atoms with Crippen LogP contribution in [0.4, 0.5) is 0 Å². The summed E-state index contributed by atoms with van der Waals surface area (Å²) in [6, 6.07) is 10.4. The van der Waals surface area contributed by atoms with Crippen molar-refractivity contribution in [3.63, 3.8) is 0 Å². The maximum absolute atomic E-state index is 12.2. The fourth-order valence-electron chi connectivity index (χ4n) is 1.82. The van der Waals surface area contributed by atoms with Gasteiger partial charge in [0.2, 0.25) is 0 Å². The maximum atomic E-state index is 12.2. The first-order valence-electron chi connectivity index (χ1n) is 5.73. The number of pyridine rings is 1. The molecule has 0 saturated carbocycles. The second-order valence-electron chi connectivity index (χ2n) is 4.10. The molecule has 1 unspecified atom stereocenters. The van der Waals surface area contributed by atoms with Gasteiger partial charge in [0.05, 0.1) is 27.6 Å². The van der Waals surface area contributed by atoms with E-state index >= 15 is 0 Å². The van der Waals surface area contributed by atoms with Gasteiger partial charge in [-0.25, -0.2) is 4.98 Å². The molecule has 0 aliphatic rings. The van der Waals surface area contributed by atoms with E-state index in [2.05, 4.69) is 15.0 Å². The van der Waals surface area contributed by atoms with Gasteiger partial charge in [0, 0.05) is 24.0 Å². The number of para-hydroxylation sites is 2. The van der Waals surface area contributed by atoms with Gasteiger partial charge in [0.15, 0.2) is 10.6 Å². The highest BCUT2D eigenvalue weighted by atomic mass is 32.2. The molecule has 0 fully saturated rings. The summed E-state index contributed by atoms with van der Waals surface area (Å²) in [5.41, 5.74) is 2.17. The topological polar surface area (TPSA) is 78.6 Å². The molecule has 0 aliphatic heterocycles. The Kier molecular flexibility index (Phi) is 3.00. The zero-order valence-corrected chi connectivity index (χ0v) is 10.7. The minimum Gasteiger partial charge on any atom is -0.364 e. The average molecular weight is 273 g/mol. The SMILES string of the molecule is O=c1cc[nH]c(CS(=O)c2nc3ccccc3[nH]2)c1. The Hall–Kier alpha value is -2.21. The molecule has 2 N–H and O–H groups in total. The lowest BCUT2D eigenvalue weighted by atomic mass is 10.3. The molecule has 0 aliphatic carbocycles. The Morgan fingerprint density at radius 1 is 1.21 bits per heavy atom. The Bertz CT molecular complexity index is 774.